The fraction of sp³-hybridized carbons (Fsp3) is 0.357. The van der Waals surface area contributed by atoms with E-state index in [1.807, 2.05) is 18.2 Å². The van der Waals surface area contributed by atoms with E-state index in [1.54, 1.807) is 7.11 Å². The van der Waals surface area contributed by atoms with Gasteiger partial charge in [0.05, 0.1) is 12.8 Å². The number of carbonyl (C=O) groups excluding carboxylic acids is 1. The Bertz CT molecular complexity index is 613. The van der Waals surface area contributed by atoms with E-state index in [-0.39, 0.29) is 5.78 Å². The van der Waals surface area contributed by atoms with Crippen LogP contribution < -0.4 is 4.74 Å². The summed E-state index contributed by atoms with van der Waals surface area (Å²) in [6.07, 6.45) is 2.03. The molecule has 0 atom stereocenters. The highest BCUT2D eigenvalue weighted by Crippen LogP contribution is 2.25. The number of carbonyl (C=O) groups is 1. The first kappa shape index (κ1) is 15.1. The van der Waals surface area contributed by atoms with Crippen molar-refractivity contribution in [3.63, 3.8) is 0 Å². The van der Waals surface area contributed by atoms with Gasteiger partial charge in [0, 0.05) is 16.5 Å². The Kier molecular flexibility index (Phi) is 5.25. The molecule has 0 aliphatic rings. The van der Waals surface area contributed by atoms with Crippen LogP contribution in [0.2, 0.25) is 0 Å². The van der Waals surface area contributed by atoms with Gasteiger partial charge in [-0.25, -0.2) is 0 Å². The Morgan fingerprint density at radius 1 is 1.45 bits per heavy atom. The van der Waals surface area contributed by atoms with Gasteiger partial charge in [-0.3, -0.25) is 4.79 Å². The Labute approximate surface area is 130 Å². The molecule has 0 spiro atoms. The summed E-state index contributed by atoms with van der Waals surface area (Å²) in [6, 6.07) is 5.65. The number of ether oxygens (including phenoxy) is 1. The minimum atomic E-state index is 0.0415. The van der Waals surface area contributed by atoms with Gasteiger partial charge in [-0.15, -0.1) is 5.10 Å². The molecule has 4 nitrogen and oxygen atoms in total. The monoisotopic (exact) mass is 354 g/mol. The first-order valence-electron chi connectivity index (χ1n) is 6.32. The molecule has 0 bridgehead atoms. The van der Waals surface area contributed by atoms with Crippen LogP contribution in [0.4, 0.5) is 0 Å². The van der Waals surface area contributed by atoms with Crippen LogP contribution >= 0.6 is 27.5 Å². The fourth-order valence-electron chi connectivity index (χ4n) is 1.96. The van der Waals surface area contributed by atoms with Crippen molar-refractivity contribution >= 4 is 33.2 Å². The van der Waals surface area contributed by atoms with Gasteiger partial charge in [0.25, 0.3) is 0 Å². The van der Waals surface area contributed by atoms with Gasteiger partial charge in [-0.2, -0.15) is 0 Å². The number of aryl methyl sites for hydroxylation is 1. The molecule has 106 valence electrons. The molecular formula is C14H15BrN2O2S. The number of aromatic nitrogens is 2. The third kappa shape index (κ3) is 3.43. The minimum Gasteiger partial charge on any atom is -0.496 e. The summed E-state index contributed by atoms with van der Waals surface area (Å²) in [4.78, 5) is 13.1. The molecule has 0 N–H and O–H groups in total. The predicted octanol–water partition coefficient (Wildman–Crippen LogP) is 3.69. The lowest BCUT2D eigenvalue weighted by Crippen LogP contribution is -2.06. The summed E-state index contributed by atoms with van der Waals surface area (Å²) in [6.45, 7) is 2.06. The van der Waals surface area contributed by atoms with Crippen LogP contribution in [0.5, 0.6) is 5.75 Å². The Balaban J connectivity index is 2.23. The van der Waals surface area contributed by atoms with Gasteiger partial charge in [0.2, 0.25) is 0 Å². The van der Waals surface area contributed by atoms with Gasteiger partial charge < -0.3 is 4.74 Å². The molecular weight excluding hydrogens is 340 g/mol. The van der Waals surface area contributed by atoms with Gasteiger partial charge >= 0.3 is 0 Å². The number of hydrogen-bond acceptors (Lipinski definition) is 5. The Hall–Kier alpha value is -1.27. The van der Waals surface area contributed by atoms with E-state index in [9.17, 15) is 4.79 Å². The van der Waals surface area contributed by atoms with Gasteiger partial charge in [-0.05, 0) is 36.2 Å². The molecule has 0 amide bonds. The highest BCUT2D eigenvalue weighted by atomic mass is 79.9. The number of nitrogens with zero attached hydrogens (tertiary/aromatic N) is 2. The zero-order chi connectivity index (χ0) is 14.5. The lowest BCUT2D eigenvalue weighted by molar-refractivity contribution is 0.0995. The summed E-state index contributed by atoms with van der Waals surface area (Å²) in [7, 11) is 1.61. The summed E-state index contributed by atoms with van der Waals surface area (Å²) in [5, 5.41) is 4.04. The molecule has 6 heteroatoms. The summed E-state index contributed by atoms with van der Waals surface area (Å²) in [5.74, 6) is 0.760. The normalized spacial score (nSPS) is 10.6. The number of halogens is 1. The maximum Gasteiger partial charge on any atom is 0.180 e. The molecule has 0 saturated carbocycles. The van der Waals surface area contributed by atoms with Gasteiger partial charge in [0.15, 0.2) is 5.78 Å². The number of methoxy groups -OCH3 is 1. The largest absolute Gasteiger partial charge is 0.496 e. The summed E-state index contributed by atoms with van der Waals surface area (Å²) in [5.41, 5.74) is 1.67. The molecule has 2 aromatic rings. The molecule has 0 fully saturated rings. The molecule has 0 unspecified atom stereocenters. The van der Waals surface area contributed by atoms with Crippen molar-refractivity contribution in [1.29, 1.82) is 0 Å². The standard InChI is InChI=1S/C14H15BrN2O2S/c1-3-4-11-14(20-17-16-11)12(18)8-9-7-10(15)5-6-13(9)19-2/h5-7H,3-4,8H2,1-2H3. The molecule has 0 radical (unpaired) electrons. The van der Waals surface area contributed by atoms with E-state index >= 15 is 0 Å². The zero-order valence-electron chi connectivity index (χ0n) is 11.4. The average molecular weight is 355 g/mol. The van der Waals surface area contributed by atoms with Crippen LogP contribution in [0, 0.1) is 0 Å². The van der Waals surface area contributed by atoms with E-state index < -0.39 is 0 Å². The zero-order valence-corrected chi connectivity index (χ0v) is 13.8. The second-order valence-electron chi connectivity index (χ2n) is 4.35. The maximum absolute atomic E-state index is 12.4. The van der Waals surface area contributed by atoms with Crippen LogP contribution in [-0.2, 0) is 12.8 Å². The van der Waals surface area contributed by atoms with Crippen molar-refractivity contribution in [3.05, 3.63) is 38.8 Å². The highest BCUT2D eigenvalue weighted by molar-refractivity contribution is 9.10. The van der Waals surface area contributed by atoms with Crippen molar-refractivity contribution in [1.82, 2.24) is 9.59 Å². The third-order valence-corrected chi connectivity index (χ3v) is 4.19. The smallest absolute Gasteiger partial charge is 0.180 e. The quantitative estimate of drug-likeness (QED) is 0.742. The van der Waals surface area contributed by atoms with E-state index in [1.165, 1.54) is 11.5 Å². The maximum atomic E-state index is 12.4. The molecule has 2 rings (SSSR count). The van der Waals surface area contributed by atoms with Crippen LogP contribution in [-0.4, -0.2) is 22.5 Å². The number of rotatable bonds is 6. The lowest BCUT2D eigenvalue weighted by Gasteiger charge is -2.08. The molecule has 1 heterocycles. The van der Waals surface area contributed by atoms with Crippen LogP contribution in [0.3, 0.4) is 0 Å². The Morgan fingerprint density at radius 3 is 2.95 bits per heavy atom. The van der Waals surface area contributed by atoms with Crippen molar-refractivity contribution in [2.24, 2.45) is 0 Å². The highest BCUT2D eigenvalue weighted by Gasteiger charge is 2.18. The lowest BCUT2D eigenvalue weighted by atomic mass is 10.1. The van der Waals surface area contributed by atoms with Crippen LogP contribution in [0.25, 0.3) is 0 Å². The third-order valence-electron chi connectivity index (χ3n) is 2.89. The molecule has 1 aromatic heterocycles. The molecule has 20 heavy (non-hydrogen) atoms. The van der Waals surface area contributed by atoms with Crippen molar-refractivity contribution in [3.8, 4) is 5.75 Å². The van der Waals surface area contributed by atoms with E-state index in [0.717, 1.165) is 34.3 Å². The average Bonchev–Trinajstić information content (AvgIpc) is 2.88. The number of benzene rings is 1. The van der Waals surface area contributed by atoms with Gasteiger partial charge in [-0.1, -0.05) is 33.8 Å². The molecule has 0 saturated heterocycles. The van der Waals surface area contributed by atoms with Crippen molar-refractivity contribution in [2.45, 2.75) is 26.2 Å². The van der Waals surface area contributed by atoms with E-state index in [0.29, 0.717) is 11.3 Å². The summed E-state index contributed by atoms with van der Waals surface area (Å²) < 4.78 is 10.1. The topological polar surface area (TPSA) is 52.1 Å². The van der Waals surface area contributed by atoms with E-state index in [4.69, 9.17) is 4.74 Å². The Morgan fingerprint density at radius 2 is 2.25 bits per heavy atom. The SMILES string of the molecule is CCCc1nnsc1C(=O)Cc1cc(Br)ccc1OC. The first-order valence-corrected chi connectivity index (χ1v) is 7.89. The summed E-state index contributed by atoms with van der Waals surface area (Å²) >= 11 is 4.59. The number of Topliss-reactive ketones (excluding diaryl/α,β-unsaturated/α-hetero) is 1. The van der Waals surface area contributed by atoms with E-state index in [2.05, 4.69) is 32.4 Å². The second kappa shape index (κ2) is 6.95. The fourth-order valence-corrected chi connectivity index (χ4v) is 3.01. The van der Waals surface area contributed by atoms with Crippen LogP contribution in [0.15, 0.2) is 22.7 Å². The molecule has 0 aliphatic carbocycles. The van der Waals surface area contributed by atoms with Crippen molar-refractivity contribution in [2.75, 3.05) is 7.11 Å². The molecule has 1 aromatic carbocycles. The van der Waals surface area contributed by atoms with Crippen LogP contribution in [0.1, 0.15) is 34.3 Å². The second-order valence-corrected chi connectivity index (χ2v) is 6.02. The first-order chi connectivity index (χ1) is 9.65. The minimum absolute atomic E-state index is 0.0415. The van der Waals surface area contributed by atoms with Gasteiger partial charge in [0.1, 0.15) is 10.6 Å². The molecule has 0 aliphatic heterocycles. The number of hydrogen-bond donors (Lipinski definition) is 0. The van der Waals surface area contributed by atoms with Crippen molar-refractivity contribution < 1.29 is 9.53 Å². The number of ketones is 1. The predicted molar refractivity (Wildman–Crippen MR) is 82.6 cm³/mol.